The first-order chi connectivity index (χ1) is 14.6. The molecule has 5 nitrogen and oxygen atoms in total. The zero-order chi connectivity index (χ0) is 20.6. The maximum Gasteiger partial charge on any atom is 0.306 e. The summed E-state index contributed by atoms with van der Waals surface area (Å²) in [6.45, 7) is 2.01. The summed E-state index contributed by atoms with van der Waals surface area (Å²) in [5, 5.41) is 2.85. The van der Waals surface area contributed by atoms with Crippen molar-refractivity contribution < 1.29 is 14.3 Å². The molecular weight excluding hydrogens is 376 g/mol. The molecule has 1 amide bonds. The summed E-state index contributed by atoms with van der Waals surface area (Å²) in [6.07, 6.45) is 11.9. The molecule has 4 bridgehead atoms. The molecule has 5 aliphatic rings. The van der Waals surface area contributed by atoms with Gasteiger partial charge in [-0.15, -0.1) is 0 Å². The molecule has 0 spiro atoms. The van der Waals surface area contributed by atoms with Crippen molar-refractivity contribution in [3.63, 3.8) is 0 Å². The molecule has 4 saturated carbocycles. The number of nitrogens with one attached hydrogen (secondary N) is 1. The molecule has 0 aromatic heterocycles. The van der Waals surface area contributed by atoms with Crippen LogP contribution in [0.2, 0.25) is 0 Å². The Labute approximate surface area is 179 Å². The lowest BCUT2D eigenvalue weighted by molar-refractivity contribution is -0.154. The lowest BCUT2D eigenvalue weighted by Crippen LogP contribution is -2.47. The van der Waals surface area contributed by atoms with Crippen LogP contribution < -0.4 is 10.2 Å². The highest BCUT2D eigenvalue weighted by atomic mass is 16.5. The van der Waals surface area contributed by atoms with Crippen molar-refractivity contribution in [2.75, 3.05) is 29.9 Å². The lowest BCUT2D eigenvalue weighted by Gasteiger charge is -2.56. The number of hydrogen-bond acceptors (Lipinski definition) is 4. The van der Waals surface area contributed by atoms with Crippen molar-refractivity contribution in [3.05, 3.63) is 24.3 Å². The van der Waals surface area contributed by atoms with Gasteiger partial charge in [-0.2, -0.15) is 0 Å². The largest absolute Gasteiger partial charge is 0.456 e. The number of esters is 1. The topological polar surface area (TPSA) is 58.6 Å². The number of rotatable bonds is 6. The smallest absolute Gasteiger partial charge is 0.306 e. The molecule has 5 fully saturated rings. The van der Waals surface area contributed by atoms with Gasteiger partial charge in [0.05, 0.1) is 6.42 Å². The fraction of sp³-hybridized carbons (Fsp3) is 0.680. The van der Waals surface area contributed by atoms with Gasteiger partial charge in [-0.3, -0.25) is 9.59 Å². The highest BCUT2D eigenvalue weighted by molar-refractivity contribution is 5.93. The molecule has 0 unspecified atom stereocenters. The molecule has 1 aliphatic heterocycles. The van der Waals surface area contributed by atoms with Gasteiger partial charge >= 0.3 is 5.97 Å². The third kappa shape index (κ3) is 4.35. The predicted molar refractivity (Wildman–Crippen MR) is 117 cm³/mol. The molecule has 1 N–H and O–H groups in total. The van der Waals surface area contributed by atoms with Crippen molar-refractivity contribution in [1.82, 2.24) is 0 Å². The molecule has 4 aliphatic carbocycles. The standard InChI is InChI=1S/C25H34N2O3/c28-23(26-21-4-6-22(7-5-21)27-8-2-1-3-9-27)17-30-24(29)16-25-13-18-10-19(14-25)12-20(11-18)15-25/h4-7,18-20H,1-3,8-17H2,(H,26,28). The average Bonchev–Trinajstić information content (AvgIpc) is 2.72. The maximum atomic E-state index is 12.5. The molecule has 0 atom stereocenters. The van der Waals surface area contributed by atoms with E-state index >= 15 is 0 Å². The number of hydrogen-bond donors (Lipinski definition) is 1. The molecule has 5 heteroatoms. The number of ether oxygens (including phenoxy) is 1. The second-order valence-corrected chi connectivity index (χ2v) is 10.4. The van der Waals surface area contributed by atoms with Crippen LogP contribution in [0.25, 0.3) is 0 Å². The molecule has 0 radical (unpaired) electrons. The number of benzene rings is 1. The van der Waals surface area contributed by atoms with Crippen LogP contribution in [0.3, 0.4) is 0 Å². The Morgan fingerprint density at radius 1 is 0.933 bits per heavy atom. The van der Waals surface area contributed by atoms with Gasteiger partial charge in [-0.05, 0) is 105 Å². The van der Waals surface area contributed by atoms with Crippen molar-refractivity contribution in [2.45, 2.75) is 64.2 Å². The highest BCUT2D eigenvalue weighted by Crippen LogP contribution is 2.61. The Morgan fingerprint density at radius 3 is 2.13 bits per heavy atom. The van der Waals surface area contributed by atoms with Crippen LogP contribution in [0.5, 0.6) is 0 Å². The molecular formula is C25H34N2O3. The SMILES string of the molecule is O=C(COC(=O)CC12CC3CC(CC(C3)C1)C2)Nc1ccc(N2CCCCC2)cc1. The van der Waals surface area contributed by atoms with Gasteiger partial charge in [0.1, 0.15) is 0 Å². The Kier molecular flexibility index (Phi) is 5.46. The molecule has 1 saturated heterocycles. The van der Waals surface area contributed by atoms with Crippen LogP contribution in [0, 0.1) is 23.2 Å². The molecule has 1 aromatic carbocycles. The van der Waals surface area contributed by atoms with Crippen molar-refractivity contribution in [3.8, 4) is 0 Å². The van der Waals surface area contributed by atoms with Crippen LogP contribution in [0.1, 0.15) is 64.2 Å². The summed E-state index contributed by atoms with van der Waals surface area (Å²) >= 11 is 0. The first-order valence-electron chi connectivity index (χ1n) is 11.9. The van der Waals surface area contributed by atoms with Crippen molar-refractivity contribution in [2.24, 2.45) is 23.2 Å². The first-order valence-corrected chi connectivity index (χ1v) is 11.9. The van der Waals surface area contributed by atoms with Gasteiger partial charge in [-0.1, -0.05) is 0 Å². The van der Waals surface area contributed by atoms with E-state index in [9.17, 15) is 9.59 Å². The highest BCUT2D eigenvalue weighted by Gasteiger charge is 2.51. The number of carbonyl (C=O) groups excluding carboxylic acids is 2. The second kappa shape index (κ2) is 8.24. The van der Waals surface area contributed by atoms with E-state index in [1.807, 2.05) is 12.1 Å². The van der Waals surface area contributed by atoms with E-state index in [-0.39, 0.29) is 23.9 Å². The molecule has 6 rings (SSSR count). The summed E-state index contributed by atoms with van der Waals surface area (Å²) in [7, 11) is 0. The van der Waals surface area contributed by atoms with Crippen LogP contribution in [0.15, 0.2) is 24.3 Å². The van der Waals surface area contributed by atoms with Crippen LogP contribution in [-0.4, -0.2) is 31.6 Å². The third-order valence-electron chi connectivity index (χ3n) is 7.92. The van der Waals surface area contributed by atoms with Gasteiger partial charge in [0.15, 0.2) is 6.61 Å². The number of anilines is 2. The van der Waals surface area contributed by atoms with E-state index in [0.717, 1.165) is 36.5 Å². The Bertz CT molecular complexity index is 747. The molecule has 1 aromatic rings. The van der Waals surface area contributed by atoms with E-state index in [0.29, 0.717) is 6.42 Å². The molecule has 30 heavy (non-hydrogen) atoms. The van der Waals surface area contributed by atoms with Crippen LogP contribution >= 0.6 is 0 Å². The van der Waals surface area contributed by atoms with Gasteiger partial charge in [0.2, 0.25) is 0 Å². The number of carbonyl (C=O) groups is 2. The van der Waals surface area contributed by atoms with Crippen molar-refractivity contribution >= 4 is 23.3 Å². The minimum absolute atomic E-state index is 0.159. The monoisotopic (exact) mass is 410 g/mol. The zero-order valence-electron chi connectivity index (χ0n) is 17.9. The second-order valence-electron chi connectivity index (χ2n) is 10.4. The minimum Gasteiger partial charge on any atom is -0.456 e. The number of nitrogens with zero attached hydrogens (tertiary/aromatic N) is 1. The van der Waals surface area contributed by atoms with Crippen molar-refractivity contribution in [1.29, 1.82) is 0 Å². The maximum absolute atomic E-state index is 12.5. The summed E-state index contributed by atoms with van der Waals surface area (Å²) < 4.78 is 5.37. The quantitative estimate of drug-likeness (QED) is 0.687. The van der Waals surface area contributed by atoms with Gasteiger partial charge in [-0.25, -0.2) is 0 Å². The Hall–Kier alpha value is -2.04. The average molecular weight is 411 g/mol. The summed E-state index contributed by atoms with van der Waals surface area (Å²) in [6, 6.07) is 7.97. The van der Waals surface area contributed by atoms with E-state index in [1.165, 1.54) is 63.5 Å². The van der Waals surface area contributed by atoms with E-state index in [4.69, 9.17) is 4.74 Å². The van der Waals surface area contributed by atoms with Crippen LogP contribution in [0.4, 0.5) is 11.4 Å². The zero-order valence-corrected chi connectivity index (χ0v) is 17.9. The summed E-state index contributed by atoms with van der Waals surface area (Å²) in [4.78, 5) is 27.2. The van der Waals surface area contributed by atoms with Gasteiger partial charge in [0.25, 0.3) is 5.91 Å². The first kappa shape index (κ1) is 19.9. The van der Waals surface area contributed by atoms with Gasteiger partial charge < -0.3 is 15.0 Å². The summed E-state index contributed by atoms with van der Waals surface area (Å²) in [5.74, 6) is 1.99. The van der Waals surface area contributed by atoms with Crippen LogP contribution in [-0.2, 0) is 14.3 Å². The van der Waals surface area contributed by atoms with E-state index < -0.39 is 0 Å². The Balaban J connectivity index is 1.08. The molecule has 162 valence electrons. The predicted octanol–water partition coefficient (Wildman–Crippen LogP) is 4.77. The minimum atomic E-state index is -0.264. The normalized spacial score (nSPS) is 32.1. The number of amides is 1. The number of piperidine rings is 1. The lowest BCUT2D eigenvalue weighted by atomic mass is 9.49. The Morgan fingerprint density at radius 2 is 1.53 bits per heavy atom. The van der Waals surface area contributed by atoms with Gasteiger partial charge in [0, 0.05) is 24.5 Å². The van der Waals surface area contributed by atoms with E-state index in [1.54, 1.807) is 0 Å². The fourth-order valence-corrected chi connectivity index (χ4v) is 7.11. The fourth-order valence-electron chi connectivity index (χ4n) is 7.11. The summed E-state index contributed by atoms with van der Waals surface area (Å²) in [5.41, 5.74) is 2.11. The van der Waals surface area contributed by atoms with E-state index in [2.05, 4.69) is 22.3 Å². The molecule has 1 heterocycles. The third-order valence-corrected chi connectivity index (χ3v) is 7.92.